The Labute approximate surface area is 204 Å². The van der Waals surface area contributed by atoms with Gasteiger partial charge >= 0.3 is 6.18 Å². The monoisotopic (exact) mass is 504 g/mol. The summed E-state index contributed by atoms with van der Waals surface area (Å²) in [4.78, 5) is 15.6. The van der Waals surface area contributed by atoms with Crippen LogP contribution in [0.4, 0.5) is 23.2 Å². The first-order valence-corrected chi connectivity index (χ1v) is 11.1. The van der Waals surface area contributed by atoms with Gasteiger partial charge in [0.15, 0.2) is 11.3 Å². The number of nitrogens with zero attached hydrogens (tertiary/aromatic N) is 4. The SMILES string of the molecule is CC1(C)C(=O)N(c2ccc(C#N)c(C(F)(F)F)c2)C(=S)N1C1=CC(F)C(OCC2(C#N)CC2)C=C1. The molecular formula is C24H20F4N4O2S. The van der Waals surface area contributed by atoms with Crippen molar-refractivity contribution in [1.82, 2.24) is 4.90 Å². The first-order valence-electron chi connectivity index (χ1n) is 10.7. The second-order valence-corrected chi connectivity index (χ2v) is 9.58. The maximum Gasteiger partial charge on any atom is 0.417 e. The molecule has 2 aliphatic carbocycles. The van der Waals surface area contributed by atoms with Crippen LogP contribution in [0, 0.1) is 28.1 Å². The third-order valence-electron chi connectivity index (χ3n) is 6.36. The zero-order chi connectivity index (χ0) is 25.8. The van der Waals surface area contributed by atoms with E-state index in [9.17, 15) is 22.4 Å². The molecule has 3 aliphatic rings. The minimum Gasteiger partial charge on any atom is -0.369 e. The lowest BCUT2D eigenvalue weighted by molar-refractivity contribution is -0.137. The molecule has 11 heteroatoms. The summed E-state index contributed by atoms with van der Waals surface area (Å²) >= 11 is 5.46. The first kappa shape index (κ1) is 24.8. The van der Waals surface area contributed by atoms with Crippen molar-refractivity contribution < 1.29 is 27.1 Å². The number of ether oxygens (including phenoxy) is 1. The molecule has 0 aromatic heterocycles. The van der Waals surface area contributed by atoms with E-state index < -0.39 is 46.4 Å². The number of carbonyl (C=O) groups is 1. The van der Waals surface area contributed by atoms with Crippen LogP contribution >= 0.6 is 12.2 Å². The van der Waals surface area contributed by atoms with E-state index in [1.165, 1.54) is 49.1 Å². The highest BCUT2D eigenvalue weighted by molar-refractivity contribution is 7.80. The molecule has 1 aromatic rings. The second-order valence-electron chi connectivity index (χ2n) is 9.22. The number of hydrogen-bond acceptors (Lipinski definition) is 5. The molecule has 1 aromatic carbocycles. The molecular weight excluding hydrogens is 484 g/mol. The van der Waals surface area contributed by atoms with Crippen LogP contribution in [0.25, 0.3) is 0 Å². The summed E-state index contributed by atoms with van der Waals surface area (Å²) < 4.78 is 61.0. The number of thiocarbonyl (C=S) groups is 1. The predicted molar refractivity (Wildman–Crippen MR) is 121 cm³/mol. The lowest BCUT2D eigenvalue weighted by atomic mass is 10.00. The van der Waals surface area contributed by atoms with Crippen molar-refractivity contribution in [2.45, 2.75) is 50.7 Å². The number of allylic oxidation sites excluding steroid dienone is 1. The molecule has 0 bridgehead atoms. The molecule has 182 valence electrons. The normalized spacial score (nSPS) is 24.7. The van der Waals surface area contributed by atoms with Crippen LogP contribution in [0.2, 0.25) is 0 Å². The molecule has 35 heavy (non-hydrogen) atoms. The summed E-state index contributed by atoms with van der Waals surface area (Å²) in [5.41, 5.74) is -3.54. The van der Waals surface area contributed by atoms with E-state index in [1.807, 2.05) is 0 Å². The van der Waals surface area contributed by atoms with Crippen LogP contribution in [-0.2, 0) is 15.7 Å². The third-order valence-corrected chi connectivity index (χ3v) is 6.72. The van der Waals surface area contributed by atoms with Gasteiger partial charge in [0.2, 0.25) is 0 Å². The van der Waals surface area contributed by atoms with Crippen LogP contribution in [-0.4, -0.2) is 40.3 Å². The van der Waals surface area contributed by atoms with Gasteiger partial charge in [0, 0.05) is 5.70 Å². The average molecular weight is 505 g/mol. The second kappa shape index (κ2) is 8.43. The Hall–Kier alpha value is -3.28. The number of halogens is 4. The zero-order valence-electron chi connectivity index (χ0n) is 18.8. The van der Waals surface area contributed by atoms with E-state index in [1.54, 1.807) is 0 Å². The number of carbonyl (C=O) groups excluding carboxylic acids is 1. The molecule has 1 saturated carbocycles. The van der Waals surface area contributed by atoms with Crippen LogP contribution < -0.4 is 4.90 Å². The van der Waals surface area contributed by atoms with E-state index in [0.29, 0.717) is 18.9 Å². The van der Waals surface area contributed by atoms with Crippen molar-refractivity contribution >= 4 is 28.9 Å². The van der Waals surface area contributed by atoms with E-state index in [2.05, 4.69) is 6.07 Å². The van der Waals surface area contributed by atoms with Gasteiger partial charge < -0.3 is 9.64 Å². The number of nitriles is 2. The highest BCUT2D eigenvalue weighted by Crippen LogP contribution is 2.45. The van der Waals surface area contributed by atoms with Gasteiger partial charge in [0.1, 0.15) is 11.6 Å². The first-order chi connectivity index (χ1) is 16.3. The lowest BCUT2D eigenvalue weighted by Gasteiger charge is -2.33. The van der Waals surface area contributed by atoms with E-state index in [-0.39, 0.29) is 23.1 Å². The maximum atomic E-state index is 15.0. The quantitative estimate of drug-likeness (QED) is 0.425. The molecule has 1 amide bonds. The molecule has 4 rings (SSSR count). The fraction of sp³-hybridized carbons (Fsp3) is 0.417. The fourth-order valence-electron chi connectivity index (χ4n) is 4.06. The Morgan fingerprint density at radius 1 is 1.26 bits per heavy atom. The summed E-state index contributed by atoms with van der Waals surface area (Å²) in [5.74, 6) is -0.604. The Balaban J connectivity index is 1.61. The van der Waals surface area contributed by atoms with Gasteiger partial charge in [-0.15, -0.1) is 0 Å². The van der Waals surface area contributed by atoms with Crippen LogP contribution in [0.3, 0.4) is 0 Å². The minimum absolute atomic E-state index is 0.113. The number of rotatable bonds is 5. The van der Waals surface area contributed by atoms with Crippen molar-refractivity contribution in [3.05, 3.63) is 53.3 Å². The van der Waals surface area contributed by atoms with Crippen LogP contribution in [0.15, 0.2) is 42.1 Å². The largest absolute Gasteiger partial charge is 0.417 e. The van der Waals surface area contributed by atoms with Crippen LogP contribution in [0.5, 0.6) is 0 Å². The van der Waals surface area contributed by atoms with E-state index >= 15 is 0 Å². The molecule has 1 saturated heterocycles. The highest BCUT2D eigenvalue weighted by atomic mass is 32.1. The summed E-state index contributed by atoms with van der Waals surface area (Å²) in [6.07, 6.45) is -1.64. The van der Waals surface area contributed by atoms with Gasteiger partial charge in [-0.25, -0.2) is 4.39 Å². The summed E-state index contributed by atoms with van der Waals surface area (Å²) in [5, 5.41) is 18.1. The standard InChI is InChI=1S/C24H20F4N4O2S/c1-22(2)20(33)31(15-4-3-14(11-29)17(9-15)24(26,27)28)21(35)32(22)16-5-6-19(18(25)10-16)34-13-23(12-30)7-8-23/h3-6,9-10,18-19H,7-8,13H2,1-2H3. The molecule has 0 radical (unpaired) electrons. The molecule has 0 spiro atoms. The van der Waals surface area contributed by atoms with Crippen molar-refractivity contribution in [3.63, 3.8) is 0 Å². The van der Waals surface area contributed by atoms with Crippen molar-refractivity contribution in [3.8, 4) is 12.1 Å². The molecule has 1 heterocycles. The minimum atomic E-state index is -4.81. The van der Waals surface area contributed by atoms with Gasteiger partial charge in [0.05, 0.1) is 41.0 Å². The molecule has 6 nitrogen and oxygen atoms in total. The Morgan fingerprint density at radius 3 is 2.49 bits per heavy atom. The van der Waals surface area contributed by atoms with Gasteiger partial charge in [-0.05, 0) is 69.3 Å². The summed E-state index contributed by atoms with van der Waals surface area (Å²) in [6, 6.07) is 6.58. The molecule has 2 unspecified atom stereocenters. The van der Waals surface area contributed by atoms with E-state index in [0.717, 1.165) is 11.0 Å². The van der Waals surface area contributed by atoms with Crippen LogP contribution in [0.1, 0.15) is 37.8 Å². The summed E-state index contributed by atoms with van der Waals surface area (Å²) in [7, 11) is 0. The fourth-order valence-corrected chi connectivity index (χ4v) is 4.59. The predicted octanol–water partition coefficient (Wildman–Crippen LogP) is 4.77. The van der Waals surface area contributed by atoms with Crippen molar-refractivity contribution in [2.75, 3.05) is 11.5 Å². The van der Waals surface area contributed by atoms with Crippen molar-refractivity contribution in [2.24, 2.45) is 5.41 Å². The Bertz CT molecular complexity index is 1240. The topological polar surface area (TPSA) is 80.4 Å². The average Bonchev–Trinajstić information content (AvgIpc) is 3.55. The number of amides is 1. The number of benzene rings is 1. The highest BCUT2D eigenvalue weighted by Gasteiger charge is 2.51. The third kappa shape index (κ3) is 4.30. The van der Waals surface area contributed by atoms with Gasteiger partial charge in [-0.2, -0.15) is 23.7 Å². The zero-order valence-corrected chi connectivity index (χ0v) is 19.6. The molecule has 2 atom stereocenters. The Kier molecular flexibility index (Phi) is 5.98. The molecule has 1 aliphatic heterocycles. The number of alkyl halides is 4. The molecule has 0 N–H and O–H groups in total. The summed E-state index contributed by atoms with van der Waals surface area (Å²) in [6.45, 7) is 3.18. The Morgan fingerprint density at radius 2 is 1.94 bits per heavy atom. The van der Waals surface area contributed by atoms with E-state index in [4.69, 9.17) is 27.5 Å². The van der Waals surface area contributed by atoms with Gasteiger partial charge in [0.25, 0.3) is 5.91 Å². The molecule has 2 fully saturated rings. The number of anilines is 1. The lowest BCUT2D eigenvalue weighted by Crippen LogP contribution is -2.44. The van der Waals surface area contributed by atoms with Gasteiger partial charge in [-0.1, -0.05) is 6.08 Å². The van der Waals surface area contributed by atoms with Gasteiger partial charge in [-0.3, -0.25) is 9.69 Å². The smallest absolute Gasteiger partial charge is 0.369 e. The van der Waals surface area contributed by atoms with Crippen molar-refractivity contribution in [1.29, 1.82) is 10.5 Å². The maximum absolute atomic E-state index is 15.0. The number of hydrogen-bond donors (Lipinski definition) is 0.